The second kappa shape index (κ2) is 5.28. The van der Waals surface area contributed by atoms with Crippen molar-refractivity contribution in [2.75, 3.05) is 18.9 Å². The van der Waals surface area contributed by atoms with E-state index in [9.17, 15) is 4.79 Å². The molecule has 7 heteroatoms. The number of likely N-dealkylation sites (N-methyl/N-ethyl adjacent to an activating group) is 1. The predicted molar refractivity (Wildman–Crippen MR) is 73.4 cm³/mol. The summed E-state index contributed by atoms with van der Waals surface area (Å²) in [5.41, 5.74) is 0.903. The Bertz CT molecular complexity index is 596. The van der Waals surface area contributed by atoms with E-state index in [2.05, 4.69) is 20.8 Å². The molecule has 3 rings (SSSR count). The number of aromatic nitrogens is 4. The Morgan fingerprint density at radius 2 is 2.10 bits per heavy atom. The highest BCUT2D eigenvalue weighted by Gasteiger charge is 2.24. The summed E-state index contributed by atoms with van der Waals surface area (Å²) in [6.45, 7) is 0.667. The molecule has 2 aromatic rings. The van der Waals surface area contributed by atoms with Gasteiger partial charge in [-0.05, 0) is 29.0 Å². The number of anilines is 1. The molecule has 0 radical (unpaired) electrons. The minimum absolute atomic E-state index is 0.172. The maximum absolute atomic E-state index is 11.5. The van der Waals surface area contributed by atoms with Crippen molar-refractivity contribution in [2.45, 2.75) is 18.9 Å². The fourth-order valence-corrected chi connectivity index (χ4v) is 2.33. The molecule has 1 aliphatic heterocycles. The number of benzene rings is 1. The Balaban J connectivity index is 1.76. The molecule has 1 unspecified atom stereocenters. The molecule has 1 amide bonds. The van der Waals surface area contributed by atoms with Crippen LogP contribution in [0.4, 0.5) is 5.95 Å². The van der Waals surface area contributed by atoms with Crippen LogP contribution in [-0.4, -0.2) is 50.6 Å². The SMILES string of the molecule is CN1CC(Nc2nnnn2-c2ccccc2)CCC1=O. The van der Waals surface area contributed by atoms with Crippen LogP contribution in [0.1, 0.15) is 12.8 Å². The lowest BCUT2D eigenvalue weighted by Crippen LogP contribution is -2.43. The number of nitrogens with one attached hydrogen (secondary N) is 1. The first-order valence-electron chi connectivity index (χ1n) is 6.58. The fourth-order valence-electron chi connectivity index (χ4n) is 2.33. The van der Waals surface area contributed by atoms with Crippen LogP contribution in [0.25, 0.3) is 5.69 Å². The van der Waals surface area contributed by atoms with Gasteiger partial charge < -0.3 is 10.2 Å². The number of hydrogen-bond acceptors (Lipinski definition) is 5. The highest BCUT2D eigenvalue weighted by atomic mass is 16.2. The van der Waals surface area contributed by atoms with Gasteiger partial charge >= 0.3 is 0 Å². The number of carbonyl (C=O) groups is 1. The number of piperidine rings is 1. The standard InChI is InChI=1S/C13H16N6O/c1-18-9-10(7-8-12(18)20)14-13-15-16-17-19(13)11-5-3-2-4-6-11/h2-6,10H,7-9H2,1H3,(H,14,15,17). The van der Waals surface area contributed by atoms with E-state index in [4.69, 9.17) is 0 Å². The van der Waals surface area contributed by atoms with Gasteiger partial charge in [-0.3, -0.25) is 4.79 Å². The number of tetrazole rings is 1. The predicted octanol–water partition coefficient (Wildman–Crippen LogP) is 0.695. The van der Waals surface area contributed by atoms with E-state index in [0.717, 1.165) is 12.1 Å². The smallest absolute Gasteiger partial charge is 0.248 e. The van der Waals surface area contributed by atoms with Crippen LogP contribution >= 0.6 is 0 Å². The average molecular weight is 272 g/mol. The Morgan fingerprint density at radius 1 is 1.30 bits per heavy atom. The van der Waals surface area contributed by atoms with Crippen LogP contribution in [0.5, 0.6) is 0 Å². The first kappa shape index (κ1) is 12.6. The van der Waals surface area contributed by atoms with Gasteiger partial charge in [-0.1, -0.05) is 23.3 Å². The van der Waals surface area contributed by atoms with Crippen LogP contribution in [0.3, 0.4) is 0 Å². The largest absolute Gasteiger partial charge is 0.348 e. The Kier molecular flexibility index (Phi) is 3.32. The molecule has 1 aromatic heterocycles. The number of rotatable bonds is 3. The van der Waals surface area contributed by atoms with Crippen molar-refractivity contribution in [3.05, 3.63) is 30.3 Å². The second-order valence-electron chi connectivity index (χ2n) is 4.90. The van der Waals surface area contributed by atoms with Crippen molar-refractivity contribution in [1.29, 1.82) is 0 Å². The summed E-state index contributed by atoms with van der Waals surface area (Å²) in [5.74, 6) is 0.787. The van der Waals surface area contributed by atoms with E-state index in [1.807, 2.05) is 37.4 Å². The van der Waals surface area contributed by atoms with E-state index in [1.165, 1.54) is 0 Å². The van der Waals surface area contributed by atoms with Crippen molar-refractivity contribution in [3.63, 3.8) is 0 Å². The Labute approximate surface area is 116 Å². The van der Waals surface area contributed by atoms with Crippen LogP contribution in [0.15, 0.2) is 30.3 Å². The molecule has 0 spiro atoms. The first-order valence-corrected chi connectivity index (χ1v) is 6.58. The molecule has 7 nitrogen and oxygen atoms in total. The third-order valence-corrected chi connectivity index (χ3v) is 3.43. The summed E-state index contributed by atoms with van der Waals surface area (Å²) in [7, 11) is 1.82. The maximum Gasteiger partial charge on any atom is 0.248 e. The van der Waals surface area contributed by atoms with Crippen LogP contribution in [0, 0.1) is 0 Å². The molecule has 2 heterocycles. The van der Waals surface area contributed by atoms with E-state index < -0.39 is 0 Å². The van der Waals surface area contributed by atoms with Gasteiger partial charge in [0.05, 0.1) is 5.69 Å². The zero-order valence-electron chi connectivity index (χ0n) is 11.2. The molecule has 1 saturated heterocycles. The lowest BCUT2D eigenvalue weighted by Gasteiger charge is -2.30. The lowest BCUT2D eigenvalue weighted by molar-refractivity contribution is -0.132. The summed E-state index contributed by atoms with van der Waals surface area (Å²) in [4.78, 5) is 13.2. The zero-order valence-corrected chi connectivity index (χ0v) is 11.2. The Morgan fingerprint density at radius 3 is 2.85 bits per heavy atom. The minimum Gasteiger partial charge on any atom is -0.348 e. The van der Waals surface area contributed by atoms with Crippen LogP contribution in [0.2, 0.25) is 0 Å². The molecule has 1 N–H and O–H groups in total. The van der Waals surface area contributed by atoms with Crippen molar-refractivity contribution in [2.24, 2.45) is 0 Å². The van der Waals surface area contributed by atoms with Gasteiger partial charge in [-0.25, -0.2) is 0 Å². The number of amides is 1. The third kappa shape index (κ3) is 2.47. The van der Waals surface area contributed by atoms with Gasteiger partial charge in [0.15, 0.2) is 0 Å². The minimum atomic E-state index is 0.172. The molecule has 0 saturated carbocycles. The summed E-state index contributed by atoms with van der Waals surface area (Å²) < 4.78 is 1.66. The molecule has 104 valence electrons. The Hall–Kier alpha value is -2.44. The highest BCUT2D eigenvalue weighted by molar-refractivity contribution is 5.76. The van der Waals surface area contributed by atoms with Gasteiger partial charge in [0.1, 0.15) is 0 Å². The monoisotopic (exact) mass is 272 g/mol. The van der Waals surface area contributed by atoms with E-state index in [1.54, 1.807) is 9.58 Å². The molecule has 0 bridgehead atoms. The second-order valence-corrected chi connectivity index (χ2v) is 4.90. The normalized spacial score (nSPS) is 19.1. The first-order chi connectivity index (χ1) is 9.74. The number of hydrogen-bond donors (Lipinski definition) is 1. The van der Waals surface area contributed by atoms with Gasteiger partial charge in [-0.2, -0.15) is 4.68 Å². The summed E-state index contributed by atoms with van der Waals surface area (Å²) >= 11 is 0. The summed E-state index contributed by atoms with van der Waals surface area (Å²) in [5, 5.41) is 15.0. The molecule has 1 aromatic carbocycles. The van der Waals surface area contributed by atoms with Crippen molar-refractivity contribution < 1.29 is 4.79 Å². The van der Waals surface area contributed by atoms with Gasteiger partial charge in [0.2, 0.25) is 11.9 Å². The topological polar surface area (TPSA) is 75.9 Å². The van der Waals surface area contributed by atoms with Gasteiger partial charge in [0.25, 0.3) is 0 Å². The average Bonchev–Trinajstić information content (AvgIpc) is 2.92. The van der Waals surface area contributed by atoms with E-state index in [0.29, 0.717) is 18.9 Å². The fraction of sp³-hybridized carbons (Fsp3) is 0.385. The molecule has 1 atom stereocenters. The zero-order chi connectivity index (χ0) is 13.9. The van der Waals surface area contributed by atoms with Crippen LogP contribution in [-0.2, 0) is 4.79 Å². The lowest BCUT2D eigenvalue weighted by atomic mass is 10.1. The number of carbonyl (C=O) groups excluding carboxylic acids is 1. The van der Waals surface area contributed by atoms with Crippen molar-refractivity contribution in [1.82, 2.24) is 25.1 Å². The van der Waals surface area contributed by atoms with Gasteiger partial charge in [-0.15, -0.1) is 0 Å². The van der Waals surface area contributed by atoms with Crippen molar-refractivity contribution in [3.8, 4) is 5.69 Å². The van der Waals surface area contributed by atoms with Crippen LogP contribution < -0.4 is 5.32 Å². The summed E-state index contributed by atoms with van der Waals surface area (Å²) in [6.07, 6.45) is 1.35. The van der Waals surface area contributed by atoms with E-state index >= 15 is 0 Å². The molecular weight excluding hydrogens is 256 g/mol. The number of para-hydroxylation sites is 1. The van der Waals surface area contributed by atoms with Gasteiger partial charge in [0, 0.05) is 26.1 Å². The molecule has 1 aliphatic rings. The highest BCUT2D eigenvalue weighted by Crippen LogP contribution is 2.16. The molecular formula is C13H16N6O. The third-order valence-electron chi connectivity index (χ3n) is 3.43. The maximum atomic E-state index is 11.5. The summed E-state index contributed by atoms with van der Waals surface area (Å²) in [6, 6.07) is 9.88. The number of nitrogens with zero attached hydrogens (tertiary/aromatic N) is 5. The number of likely N-dealkylation sites (tertiary alicyclic amines) is 1. The van der Waals surface area contributed by atoms with E-state index in [-0.39, 0.29) is 11.9 Å². The van der Waals surface area contributed by atoms with Crippen molar-refractivity contribution >= 4 is 11.9 Å². The molecule has 1 fully saturated rings. The molecule has 20 heavy (non-hydrogen) atoms. The molecule has 0 aliphatic carbocycles. The quantitative estimate of drug-likeness (QED) is 0.890.